The van der Waals surface area contributed by atoms with Gasteiger partial charge in [0.2, 0.25) is 0 Å². The lowest BCUT2D eigenvalue weighted by Gasteiger charge is -2.25. The summed E-state index contributed by atoms with van der Waals surface area (Å²) in [6, 6.07) is 6.04. The van der Waals surface area contributed by atoms with Crippen molar-refractivity contribution in [1.82, 2.24) is 14.9 Å². The lowest BCUT2D eigenvalue weighted by Crippen LogP contribution is -2.34. The number of aromatic nitrogens is 2. The van der Waals surface area contributed by atoms with Crippen LogP contribution in [0.25, 0.3) is 5.69 Å². The summed E-state index contributed by atoms with van der Waals surface area (Å²) >= 11 is 0. The van der Waals surface area contributed by atoms with Gasteiger partial charge in [-0.3, -0.25) is 0 Å². The fourth-order valence-electron chi connectivity index (χ4n) is 2.53. The third-order valence-corrected chi connectivity index (χ3v) is 3.59. The van der Waals surface area contributed by atoms with Gasteiger partial charge in [-0.15, -0.1) is 0 Å². The molecule has 5 heteroatoms. The fraction of sp³-hybridized carbons (Fsp3) is 0.400. The molecule has 0 spiro atoms. The first kappa shape index (κ1) is 13.1. The van der Waals surface area contributed by atoms with Crippen LogP contribution in [0.3, 0.4) is 0 Å². The molecule has 1 aliphatic rings. The summed E-state index contributed by atoms with van der Waals surface area (Å²) in [4.78, 5) is 4.28. The summed E-state index contributed by atoms with van der Waals surface area (Å²) in [6.07, 6.45) is 3.76. The number of benzene rings is 1. The smallest absolute Gasteiger partial charge is 0.119 e. The first-order valence-corrected chi connectivity index (χ1v) is 6.79. The van der Waals surface area contributed by atoms with Gasteiger partial charge in [0, 0.05) is 13.1 Å². The van der Waals surface area contributed by atoms with Crippen LogP contribution in [0.4, 0.5) is 0 Å². The maximum absolute atomic E-state index is 5.82. The first-order chi connectivity index (χ1) is 9.79. The van der Waals surface area contributed by atoms with Crippen molar-refractivity contribution in [1.29, 1.82) is 0 Å². The number of nitrogens with one attached hydrogen (secondary N) is 1. The van der Waals surface area contributed by atoms with E-state index in [1.807, 2.05) is 24.7 Å². The van der Waals surface area contributed by atoms with Crippen LogP contribution in [-0.4, -0.2) is 36.4 Å². The summed E-state index contributed by atoms with van der Waals surface area (Å²) in [7, 11) is 1.68. The highest BCUT2D eigenvalue weighted by Gasteiger charge is 2.20. The van der Waals surface area contributed by atoms with Gasteiger partial charge in [-0.1, -0.05) is 0 Å². The third kappa shape index (κ3) is 2.42. The summed E-state index contributed by atoms with van der Waals surface area (Å²) in [5.41, 5.74) is 3.32. The van der Waals surface area contributed by atoms with Crippen molar-refractivity contribution in [2.45, 2.75) is 13.0 Å². The van der Waals surface area contributed by atoms with E-state index in [9.17, 15) is 0 Å². The van der Waals surface area contributed by atoms with E-state index in [-0.39, 0.29) is 6.10 Å². The first-order valence-electron chi connectivity index (χ1n) is 6.79. The van der Waals surface area contributed by atoms with E-state index < -0.39 is 0 Å². The molecule has 0 saturated carbocycles. The molecule has 1 saturated heterocycles. The summed E-state index contributed by atoms with van der Waals surface area (Å²) < 4.78 is 13.2. The molecular weight excluding hydrogens is 254 g/mol. The molecule has 0 aliphatic carbocycles. The van der Waals surface area contributed by atoms with Gasteiger partial charge in [0.05, 0.1) is 37.6 Å². The second-order valence-electron chi connectivity index (χ2n) is 4.90. The van der Waals surface area contributed by atoms with E-state index >= 15 is 0 Å². The van der Waals surface area contributed by atoms with Gasteiger partial charge in [-0.05, 0) is 30.7 Å². The van der Waals surface area contributed by atoms with Gasteiger partial charge < -0.3 is 19.4 Å². The number of methoxy groups -OCH3 is 1. The molecule has 3 rings (SSSR count). The van der Waals surface area contributed by atoms with Gasteiger partial charge in [-0.25, -0.2) is 4.98 Å². The number of ether oxygens (including phenoxy) is 2. The Morgan fingerprint density at radius 3 is 3.05 bits per heavy atom. The number of nitrogens with zero attached hydrogens (tertiary/aromatic N) is 2. The minimum Gasteiger partial charge on any atom is -0.497 e. The van der Waals surface area contributed by atoms with Crippen LogP contribution >= 0.6 is 0 Å². The maximum atomic E-state index is 5.82. The molecule has 1 fully saturated rings. The van der Waals surface area contributed by atoms with Crippen molar-refractivity contribution in [2.24, 2.45) is 0 Å². The molecule has 106 valence electrons. The van der Waals surface area contributed by atoms with Gasteiger partial charge in [0.1, 0.15) is 11.9 Å². The Balaban J connectivity index is 1.96. The molecule has 2 heterocycles. The van der Waals surface area contributed by atoms with Crippen LogP contribution in [0.1, 0.15) is 17.4 Å². The van der Waals surface area contributed by atoms with Gasteiger partial charge in [-0.2, -0.15) is 0 Å². The lowest BCUT2D eigenvalue weighted by molar-refractivity contribution is 0.0240. The standard InChI is InChI=1S/C15H19N3O2/c1-11-7-12(19-2)3-4-13(11)18-10-17-8-14(18)15-9-16-5-6-20-15/h3-4,7-8,10,15-16H,5-6,9H2,1-2H3. The van der Waals surface area contributed by atoms with Crippen LogP contribution < -0.4 is 10.1 Å². The molecule has 0 radical (unpaired) electrons. The Kier molecular flexibility index (Phi) is 3.71. The molecule has 2 aromatic rings. The molecular formula is C15H19N3O2. The van der Waals surface area contributed by atoms with Crippen LogP contribution in [0.15, 0.2) is 30.7 Å². The van der Waals surface area contributed by atoms with E-state index in [1.54, 1.807) is 7.11 Å². The van der Waals surface area contributed by atoms with Gasteiger partial charge in [0.25, 0.3) is 0 Å². The van der Waals surface area contributed by atoms with Crippen molar-refractivity contribution in [2.75, 3.05) is 26.8 Å². The molecule has 1 aromatic heterocycles. The van der Waals surface area contributed by atoms with E-state index in [2.05, 4.69) is 27.9 Å². The Hall–Kier alpha value is -1.85. The Labute approximate surface area is 118 Å². The number of hydrogen-bond donors (Lipinski definition) is 1. The predicted octanol–water partition coefficient (Wildman–Crippen LogP) is 1.85. The van der Waals surface area contributed by atoms with Crippen LogP contribution in [0.2, 0.25) is 0 Å². The summed E-state index contributed by atoms with van der Waals surface area (Å²) in [5, 5.41) is 3.35. The quantitative estimate of drug-likeness (QED) is 0.927. The molecule has 1 unspecified atom stereocenters. The topological polar surface area (TPSA) is 48.3 Å². The highest BCUT2D eigenvalue weighted by molar-refractivity contribution is 5.46. The summed E-state index contributed by atoms with van der Waals surface area (Å²) in [5.74, 6) is 0.864. The zero-order valence-electron chi connectivity index (χ0n) is 11.8. The molecule has 20 heavy (non-hydrogen) atoms. The lowest BCUT2D eigenvalue weighted by atomic mass is 10.1. The predicted molar refractivity (Wildman–Crippen MR) is 76.4 cm³/mol. The normalized spacial score (nSPS) is 19.0. The van der Waals surface area contributed by atoms with Gasteiger partial charge >= 0.3 is 0 Å². The average molecular weight is 273 g/mol. The molecule has 5 nitrogen and oxygen atoms in total. The fourth-order valence-corrected chi connectivity index (χ4v) is 2.53. The van der Waals surface area contributed by atoms with E-state index in [0.29, 0.717) is 0 Å². The molecule has 1 aliphatic heterocycles. The van der Waals surface area contributed by atoms with E-state index in [4.69, 9.17) is 9.47 Å². The highest BCUT2D eigenvalue weighted by Crippen LogP contribution is 2.25. The Morgan fingerprint density at radius 2 is 2.35 bits per heavy atom. The minimum absolute atomic E-state index is 0.0488. The minimum atomic E-state index is 0.0488. The highest BCUT2D eigenvalue weighted by atomic mass is 16.5. The van der Waals surface area contributed by atoms with Crippen LogP contribution in [0, 0.1) is 6.92 Å². The van der Waals surface area contributed by atoms with Gasteiger partial charge in [0.15, 0.2) is 0 Å². The van der Waals surface area contributed by atoms with Crippen LogP contribution in [0.5, 0.6) is 5.75 Å². The molecule has 0 amide bonds. The Bertz CT molecular complexity index is 589. The van der Waals surface area contributed by atoms with E-state index in [0.717, 1.165) is 42.4 Å². The number of imidazole rings is 1. The molecule has 1 aromatic carbocycles. The second kappa shape index (κ2) is 5.64. The largest absolute Gasteiger partial charge is 0.497 e. The van der Waals surface area contributed by atoms with Crippen molar-refractivity contribution >= 4 is 0 Å². The number of hydrogen-bond acceptors (Lipinski definition) is 4. The second-order valence-corrected chi connectivity index (χ2v) is 4.90. The zero-order valence-corrected chi connectivity index (χ0v) is 11.8. The number of aryl methyl sites for hydroxylation is 1. The average Bonchev–Trinajstić information content (AvgIpc) is 2.97. The monoisotopic (exact) mass is 273 g/mol. The number of morpholine rings is 1. The van der Waals surface area contributed by atoms with Crippen molar-refractivity contribution < 1.29 is 9.47 Å². The van der Waals surface area contributed by atoms with Crippen LogP contribution in [-0.2, 0) is 4.74 Å². The van der Waals surface area contributed by atoms with E-state index in [1.165, 1.54) is 0 Å². The molecule has 1 N–H and O–H groups in total. The SMILES string of the molecule is COc1ccc(-n2cncc2C2CNCCO2)c(C)c1. The zero-order chi connectivity index (χ0) is 13.9. The third-order valence-electron chi connectivity index (χ3n) is 3.59. The van der Waals surface area contributed by atoms with Crippen molar-refractivity contribution in [3.05, 3.63) is 42.0 Å². The molecule has 1 atom stereocenters. The summed E-state index contributed by atoms with van der Waals surface area (Å²) in [6.45, 7) is 4.53. The Morgan fingerprint density at radius 1 is 1.45 bits per heavy atom. The maximum Gasteiger partial charge on any atom is 0.119 e. The molecule has 0 bridgehead atoms. The van der Waals surface area contributed by atoms with Crippen molar-refractivity contribution in [3.8, 4) is 11.4 Å². The van der Waals surface area contributed by atoms with Crippen molar-refractivity contribution in [3.63, 3.8) is 0 Å². The number of rotatable bonds is 3.